The molecule has 0 aromatic heterocycles. The van der Waals surface area contributed by atoms with Crippen LogP contribution in [0.1, 0.15) is 13.3 Å². The van der Waals surface area contributed by atoms with Gasteiger partial charge in [0.25, 0.3) is 0 Å². The standard InChI is InChI=1S/C15H22N2O3/c1-3-20-13-6-4-5-12(9-13)17-14(18)15(11-19-2)7-8-16-10-15/h4-6,9,16H,3,7-8,10-11H2,1-2H3,(H,17,18). The number of carbonyl (C=O) groups excluding carboxylic acids is 1. The highest BCUT2D eigenvalue weighted by Crippen LogP contribution is 2.28. The molecule has 0 radical (unpaired) electrons. The van der Waals surface area contributed by atoms with Crippen LogP contribution in [0.2, 0.25) is 0 Å². The van der Waals surface area contributed by atoms with Gasteiger partial charge in [-0.3, -0.25) is 4.79 Å². The van der Waals surface area contributed by atoms with Crippen molar-refractivity contribution in [1.29, 1.82) is 0 Å². The molecule has 1 atom stereocenters. The van der Waals surface area contributed by atoms with Crippen LogP contribution >= 0.6 is 0 Å². The van der Waals surface area contributed by atoms with Gasteiger partial charge in [-0.1, -0.05) is 6.07 Å². The zero-order valence-electron chi connectivity index (χ0n) is 12.1. The second-order valence-corrected chi connectivity index (χ2v) is 5.06. The minimum Gasteiger partial charge on any atom is -0.494 e. The van der Waals surface area contributed by atoms with Crippen molar-refractivity contribution in [3.8, 4) is 5.75 Å². The Morgan fingerprint density at radius 1 is 1.50 bits per heavy atom. The number of anilines is 1. The zero-order valence-corrected chi connectivity index (χ0v) is 12.1. The Balaban J connectivity index is 2.08. The summed E-state index contributed by atoms with van der Waals surface area (Å²) in [5, 5.41) is 6.20. The average molecular weight is 278 g/mol. The van der Waals surface area contributed by atoms with Gasteiger partial charge >= 0.3 is 0 Å². The molecule has 1 saturated heterocycles. The highest BCUT2D eigenvalue weighted by Gasteiger charge is 2.41. The number of hydrogen-bond donors (Lipinski definition) is 2. The van der Waals surface area contributed by atoms with E-state index in [1.54, 1.807) is 7.11 Å². The summed E-state index contributed by atoms with van der Waals surface area (Å²) in [7, 11) is 1.63. The summed E-state index contributed by atoms with van der Waals surface area (Å²) in [6, 6.07) is 7.45. The number of methoxy groups -OCH3 is 1. The average Bonchev–Trinajstić information content (AvgIpc) is 2.90. The predicted octanol–water partition coefficient (Wildman–Crippen LogP) is 1.65. The van der Waals surface area contributed by atoms with Gasteiger partial charge in [0.2, 0.25) is 5.91 Å². The smallest absolute Gasteiger partial charge is 0.234 e. The Labute approximate surface area is 119 Å². The van der Waals surface area contributed by atoms with Crippen molar-refractivity contribution >= 4 is 11.6 Å². The van der Waals surface area contributed by atoms with E-state index in [4.69, 9.17) is 9.47 Å². The van der Waals surface area contributed by atoms with E-state index in [0.29, 0.717) is 19.8 Å². The summed E-state index contributed by atoms with van der Waals surface area (Å²) >= 11 is 0. The topological polar surface area (TPSA) is 59.6 Å². The Kier molecular flexibility index (Phi) is 4.98. The van der Waals surface area contributed by atoms with Crippen LogP contribution in [-0.4, -0.2) is 39.3 Å². The van der Waals surface area contributed by atoms with E-state index in [0.717, 1.165) is 24.4 Å². The van der Waals surface area contributed by atoms with E-state index in [1.807, 2.05) is 31.2 Å². The summed E-state index contributed by atoms with van der Waals surface area (Å²) in [4.78, 5) is 12.5. The van der Waals surface area contributed by atoms with Crippen LogP contribution in [0.25, 0.3) is 0 Å². The molecule has 1 unspecified atom stereocenters. The molecule has 1 aliphatic rings. The van der Waals surface area contributed by atoms with E-state index in [1.165, 1.54) is 0 Å². The molecule has 0 bridgehead atoms. The lowest BCUT2D eigenvalue weighted by atomic mass is 9.87. The Morgan fingerprint density at radius 2 is 2.35 bits per heavy atom. The second kappa shape index (κ2) is 6.72. The maximum atomic E-state index is 12.5. The van der Waals surface area contributed by atoms with Gasteiger partial charge in [-0.25, -0.2) is 0 Å². The van der Waals surface area contributed by atoms with Gasteiger partial charge in [0.15, 0.2) is 0 Å². The third-order valence-electron chi connectivity index (χ3n) is 3.55. The van der Waals surface area contributed by atoms with Crippen LogP contribution in [0, 0.1) is 5.41 Å². The third kappa shape index (κ3) is 3.29. The van der Waals surface area contributed by atoms with Gasteiger partial charge in [-0.15, -0.1) is 0 Å². The molecule has 1 amide bonds. The first-order valence-electron chi connectivity index (χ1n) is 6.94. The lowest BCUT2D eigenvalue weighted by Gasteiger charge is -2.26. The van der Waals surface area contributed by atoms with Crippen LogP contribution in [0.4, 0.5) is 5.69 Å². The van der Waals surface area contributed by atoms with Crippen molar-refractivity contribution < 1.29 is 14.3 Å². The van der Waals surface area contributed by atoms with Gasteiger partial charge in [-0.05, 0) is 32.0 Å². The molecule has 20 heavy (non-hydrogen) atoms. The second-order valence-electron chi connectivity index (χ2n) is 5.06. The predicted molar refractivity (Wildman–Crippen MR) is 78.0 cm³/mol. The molecule has 1 fully saturated rings. The van der Waals surface area contributed by atoms with Gasteiger partial charge in [-0.2, -0.15) is 0 Å². The minimum absolute atomic E-state index is 0.00185. The molecule has 5 nitrogen and oxygen atoms in total. The van der Waals surface area contributed by atoms with E-state index in [-0.39, 0.29) is 5.91 Å². The first-order valence-corrected chi connectivity index (χ1v) is 6.94. The molecule has 0 spiro atoms. The maximum Gasteiger partial charge on any atom is 0.234 e. The summed E-state index contributed by atoms with van der Waals surface area (Å²) in [5.41, 5.74) is 0.277. The van der Waals surface area contributed by atoms with Crippen molar-refractivity contribution in [1.82, 2.24) is 5.32 Å². The largest absolute Gasteiger partial charge is 0.494 e. The molecule has 2 rings (SSSR count). The fourth-order valence-corrected chi connectivity index (χ4v) is 2.50. The Hall–Kier alpha value is -1.59. The number of rotatable bonds is 6. The summed E-state index contributed by atoms with van der Waals surface area (Å²) in [5.74, 6) is 0.758. The summed E-state index contributed by atoms with van der Waals surface area (Å²) < 4.78 is 10.7. The van der Waals surface area contributed by atoms with Crippen molar-refractivity contribution in [3.63, 3.8) is 0 Å². The Bertz CT molecular complexity index is 456. The molecular formula is C15H22N2O3. The molecule has 110 valence electrons. The van der Waals surface area contributed by atoms with Crippen LogP contribution in [0.5, 0.6) is 5.75 Å². The lowest BCUT2D eigenvalue weighted by Crippen LogP contribution is -2.41. The van der Waals surface area contributed by atoms with E-state index < -0.39 is 5.41 Å². The molecule has 2 N–H and O–H groups in total. The van der Waals surface area contributed by atoms with E-state index >= 15 is 0 Å². The normalized spacial score (nSPS) is 21.7. The van der Waals surface area contributed by atoms with Crippen LogP contribution in [0.15, 0.2) is 24.3 Å². The SMILES string of the molecule is CCOc1cccc(NC(=O)C2(COC)CCNC2)c1. The van der Waals surface area contributed by atoms with Gasteiger partial charge in [0, 0.05) is 25.4 Å². The molecule has 1 aliphatic heterocycles. The fourth-order valence-electron chi connectivity index (χ4n) is 2.50. The number of hydrogen-bond acceptors (Lipinski definition) is 4. The summed E-state index contributed by atoms with van der Waals surface area (Å²) in [6.07, 6.45) is 0.790. The Morgan fingerprint density at radius 3 is 3.00 bits per heavy atom. The molecule has 0 aliphatic carbocycles. The van der Waals surface area contributed by atoms with Gasteiger partial charge in [0.05, 0.1) is 18.6 Å². The number of benzene rings is 1. The first kappa shape index (κ1) is 14.8. The third-order valence-corrected chi connectivity index (χ3v) is 3.55. The van der Waals surface area contributed by atoms with Gasteiger partial charge < -0.3 is 20.1 Å². The number of carbonyl (C=O) groups is 1. The van der Waals surface area contributed by atoms with Crippen LogP contribution in [-0.2, 0) is 9.53 Å². The molecular weight excluding hydrogens is 256 g/mol. The fraction of sp³-hybridized carbons (Fsp3) is 0.533. The van der Waals surface area contributed by atoms with Crippen molar-refractivity contribution in [2.24, 2.45) is 5.41 Å². The highest BCUT2D eigenvalue weighted by molar-refractivity contribution is 5.96. The van der Waals surface area contributed by atoms with Crippen LogP contribution < -0.4 is 15.4 Å². The highest BCUT2D eigenvalue weighted by atomic mass is 16.5. The van der Waals surface area contributed by atoms with E-state index in [9.17, 15) is 4.79 Å². The zero-order chi connectivity index (χ0) is 14.4. The first-order chi connectivity index (χ1) is 9.70. The molecule has 0 saturated carbocycles. The quantitative estimate of drug-likeness (QED) is 0.830. The van der Waals surface area contributed by atoms with Gasteiger partial charge in [0.1, 0.15) is 5.75 Å². The lowest BCUT2D eigenvalue weighted by molar-refractivity contribution is -0.127. The number of nitrogens with one attached hydrogen (secondary N) is 2. The summed E-state index contributed by atoms with van der Waals surface area (Å²) in [6.45, 7) is 4.46. The number of amides is 1. The van der Waals surface area contributed by atoms with Crippen molar-refractivity contribution in [2.75, 3.05) is 38.7 Å². The number of ether oxygens (including phenoxy) is 2. The maximum absolute atomic E-state index is 12.5. The van der Waals surface area contributed by atoms with E-state index in [2.05, 4.69) is 10.6 Å². The monoisotopic (exact) mass is 278 g/mol. The molecule has 5 heteroatoms. The van der Waals surface area contributed by atoms with Crippen molar-refractivity contribution in [3.05, 3.63) is 24.3 Å². The molecule has 1 aromatic rings. The van der Waals surface area contributed by atoms with Crippen molar-refractivity contribution in [2.45, 2.75) is 13.3 Å². The molecule has 1 aromatic carbocycles. The van der Waals surface area contributed by atoms with Crippen LogP contribution in [0.3, 0.4) is 0 Å². The molecule has 1 heterocycles. The minimum atomic E-state index is -0.476.